The number of aryl methyl sites for hydroxylation is 2. The number of aromatic nitrogens is 3. The van der Waals surface area contributed by atoms with E-state index in [0.717, 1.165) is 0 Å². The maximum absolute atomic E-state index is 11.5. The molecule has 2 rings (SSSR count). The fourth-order valence-electron chi connectivity index (χ4n) is 1.50. The van der Waals surface area contributed by atoms with Crippen molar-refractivity contribution in [3.05, 3.63) is 57.6 Å². The number of anilines is 1. The van der Waals surface area contributed by atoms with Gasteiger partial charge in [0.25, 0.3) is 5.56 Å². The molecule has 0 unspecified atom stereocenters. The average molecular weight is 232 g/mol. The Morgan fingerprint density at radius 3 is 2.71 bits per heavy atom. The summed E-state index contributed by atoms with van der Waals surface area (Å²) in [6, 6.07) is 4.62. The maximum Gasteiger partial charge on any atom is 0.347 e. The van der Waals surface area contributed by atoms with Crippen LogP contribution in [0.3, 0.4) is 0 Å². The summed E-state index contributed by atoms with van der Waals surface area (Å²) in [5.41, 5.74) is 5.63. The van der Waals surface area contributed by atoms with E-state index in [4.69, 9.17) is 5.73 Å². The Labute approximate surface area is 97.0 Å². The lowest BCUT2D eigenvalue weighted by atomic mass is 10.4. The molecule has 17 heavy (non-hydrogen) atoms. The third kappa shape index (κ3) is 2.60. The topological polar surface area (TPSA) is 82.9 Å². The van der Waals surface area contributed by atoms with Gasteiger partial charge in [-0.3, -0.25) is 9.36 Å². The van der Waals surface area contributed by atoms with Gasteiger partial charge in [-0.15, -0.1) is 0 Å². The van der Waals surface area contributed by atoms with Crippen molar-refractivity contribution in [3.63, 3.8) is 0 Å². The zero-order chi connectivity index (χ0) is 12.3. The molecule has 0 radical (unpaired) electrons. The maximum atomic E-state index is 11.5. The van der Waals surface area contributed by atoms with Gasteiger partial charge in [-0.05, 0) is 12.1 Å². The van der Waals surface area contributed by atoms with Crippen LogP contribution in [0, 0.1) is 0 Å². The second-order valence-corrected chi connectivity index (χ2v) is 3.59. The molecule has 2 N–H and O–H groups in total. The first-order chi connectivity index (χ1) is 8.16. The normalized spacial score (nSPS) is 10.4. The van der Waals surface area contributed by atoms with Crippen molar-refractivity contribution < 1.29 is 0 Å². The molecule has 0 spiro atoms. The highest BCUT2D eigenvalue weighted by atomic mass is 16.1. The third-order valence-electron chi connectivity index (χ3n) is 2.37. The molecule has 6 nitrogen and oxygen atoms in total. The molecule has 0 fully saturated rings. The Bertz CT molecular complexity index is 630. The number of hydrogen-bond donors (Lipinski definition) is 1. The Hall–Kier alpha value is -2.37. The van der Waals surface area contributed by atoms with E-state index in [1.54, 1.807) is 24.5 Å². The van der Waals surface area contributed by atoms with E-state index in [2.05, 4.69) is 4.98 Å². The van der Waals surface area contributed by atoms with Crippen LogP contribution in [-0.2, 0) is 13.1 Å². The van der Waals surface area contributed by atoms with Crippen molar-refractivity contribution in [2.75, 3.05) is 5.73 Å². The fourth-order valence-corrected chi connectivity index (χ4v) is 1.50. The minimum absolute atomic E-state index is 0.142. The SMILES string of the molecule is Nc1ccc(=O)n(CCn2cccnc2=O)c1. The van der Waals surface area contributed by atoms with Crippen molar-refractivity contribution in [2.45, 2.75) is 13.1 Å². The van der Waals surface area contributed by atoms with Gasteiger partial charge >= 0.3 is 5.69 Å². The Kier molecular flexibility index (Phi) is 3.04. The summed E-state index contributed by atoms with van der Waals surface area (Å²) < 4.78 is 2.91. The van der Waals surface area contributed by atoms with Gasteiger partial charge in [-0.2, -0.15) is 0 Å². The van der Waals surface area contributed by atoms with Crippen molar-refractivity contribution in [1.82, 2.24) is 14.1 Å². The van der Waals surface area contributed by atoms with Gasteiger partial charge < -0.3 is 10.3 Å². The number of hydrogen-bond acceptors (Lipinski definition) is 4. The molecule has 0 aromatic carbocycles. The summed E-state index contributed by atoms with van der Waals surface area (Å²) in [7, 11) is 0. The molecule has 2 aromatic heterocycles. The molecule has 0 aliphatic carbocycles. The summed E-state index contributed by atoms with van der Waals surface area (Å²) in [5.74, 6) is 0. The van der Waals surface area contributed by atoms with Crippen LogP contribution < -0.4 is 17.0 Å². The molecule has 0 atom stereocenters. The molecule has 0 aliphatic heterocycles. The van der Waals surface area contributed by atoms with E-state index < -0.39 is 0 Å². The molecule has 0 bridgehead atoms. The Morgan fingerprint density at radius 1 is 1.18 bits per heavy atom. The standard InChI is InChI=1S/C11H12N4O2/c12-9-2-3-10(16)15(8-9)7-6-14-5-1-4-13-11(14)17/h1-5,8H,6-7,12H2. The summed E-state index contributed by atoms with van der Waals surface area (Å²) in [6.45, 7) is 0.769. The number of nitrogens with two attached hydrogens (primary N) is 1. The lowest BCUT2D eigenvalue weighted by Gasteiger charge is -2.07. The first kappa shape index (κ1) is 11.1. The smallest absolute Gasteiger partial charge is 0.347 e. The van der Waals surface area contributed by atoms with Crippen LogP contribution in [0.25, 0.3) is 0 Å². The van der Waals surface area contributed by atoms with E-state index in [1.165, 1.54) is 21.4 Å². The monoisotopic (exact) mass is 232 g/mol. The molecule has 2 aromatic rings. The van der Waals surface area contributed by atoms with Crippen LogP contribution in [-0.4, -0.2) is 14.1 Å². The Morgan fingerprint density at radius 2 is 1.94 bits per heavy atom. The highest BCUT2D eigenvalue weighted by molar-refractivity contribution is 5.33. The number of rotatable bonds is 3. The van der Waals surface area contributed by atoms with Crippen LogP contribution in [0.1, 0.15) is 0 Å². The lowest BCUT2D eigenvalue weighted by molar-refractivity contribution is 0.545. The van der Waals surface area contributed by atoms with Crippen LogP contribution in [0.4, 0.5) is 5.69 Å². The largest absolute Gasteiger partial charge is 0.398 e. The van der Waals surface area contributed by atoms with E-state index in [9.17, 15) is 9.59 Å². The highest BCUT2D eigenvalue weighted by Gasteiger charge is 1.99. The second kappa shape index (κ2) is 4.65. The third-order valence-corrected chi connectivity index (χ3v) is 2.37. The highest BCUT2D eigenvalue weighted by Crippen LogP contribution is 1.96. The molecular weight excluding hydrogens is 220 g/mol. The van der Waals surface area contributed by atoms with Gasteiger partial charge in [0.2, 0.25) is 0 Å². The van der Waals surface area contributed by atoms with Gasteiger partial charge in [0.1, 0.15) is 0 Å². The minimum Gasteiger partial charge on any atom is -0.398 e. The van der Waals surface area contributed by atoms with Crippen molar-refractivity contribution >= 4 is 5.69 Å². The van der Waals surface area contributed by atoms with Crippen LogP contribution in [0.2, 0.25) is 0 Å². The molecule has 2 heterocycles. The minimum atomic E-state index is -0.329. The van der Waals surface area contributed by atoms with E-state index in [-0.39, 0.29) is 11.2 Å². The van der Waals surface area contributed by atoms with Crippen LogP contribution in [0.5, 0.6) is 0 Å². The van der Waals surface area contributed by atoms with Gasteiger partial charge in [0.05, 0.1) is 0 Å². The molecule has 0 saturated heterocycles. The zero-order valence-corrected chi connectivity index (χ0v) is 9.11. The predicted octanol–water partition coefficient (Wildman–Crippen LogP) is -0.313. The van der Waals surface area contributed by atoms with Gasteiger partial charge in [0, 0.05) is 43.4 Å². The second-order valence-electron chi connectivity index (χ2n) is 3.59. The molecule has 0 amide bonds. The van der Waals surface area contributed by atoms with Crippen molar-refractivity contribution in [1.29, 1.82) is 0 Å². The van der Waals surface area contributed by atoms with E-state index in [1.807, 2.05) is 0 Å². The van der Waals surface area contributed by atoms with Crippen molar-refractivity contribution in [2.24, 2.45) is 0 Å². The number of pyridine rings is 1. The fraction of sp³-hybridized carbons (Fsp3) is 0.182. The van der Waals surface area contributed by atoms with Crippen LogP contribution >= 0.6 is 0 Å². The van der Waals surface area contributed by atoms with Gasteiger partial charge in [-0.25, -0.2) is 9.78 Å². The van der Waals surface area contributed by atoms with Gasteiger partial charge in [0.15, 0.2) is 0 Å². The van der Waals surface area contributed by atoms with Gasteiger partial charge in [-0.1, -0.05) is 0 Å². The number of nitrogens with zero attached hydrogens (tertiary/aromatic N) is 3. The molecule has 88 valence electrons. The van der Waals surface area contributed by atoms with E-state index in [0.29, 0.717) is 18.8 Å². The van der Waals surface area contributed by atoms with Crippen molar-refractivity contribution in [3.8, 4) is 0 Å². The summed E-state index contributed by atoms with van der Waals surface area (Å²) in [4.78, 5) is 26.4. The quantitative estimate of drug-likeness (QED) is 0.786. The molecular formula is C11H12N4O2. The molecule has 0 aliphatic rings. The summed E-state index contributed by atoms with van der Waals surface area (Å²) in [5, 5.41) is 0. The molecule has 6 heteroatoms. The van der Waals surface area contributed by atoms with E-state index >= 15 is 0 Å². The number of nitrogen functional groups attached to an aromatic ring is 1. The summed E-state index contributed by atoms with van der Waals surface area (Å²) >= 11 is 0. The first-order valence-electron chi connectivity index (χ1n) is 5.14. The molecule has 0 saturated carbocycles. The van der Waals surface area contributed by atoms with Crippen LogP contribution in [0.15, 0.2) is 46.4 Å². The first-order valence-corrected chi connectivity index (χ1v) is 5.14. The summed E-state index contributed by atoms with van der Waals surface area (Å²) in [6.07, 6.45) is 4.63. The lowest BCUT2D eigenvalue weighted by Crippen LogP contribution is -2.27. The zero-order valence-electron chi connectivity index (χ0n) is 9.11. The predicted molar refractivity (Wildman–Crippen MR) is 63.6 cm³/mol. The Balaban J connectivity index is 2.18. The average Bonchev–Trinajstić information content (AvgIpc) is 2.32.